The molecule has 3 fully saturated rings. The average molecular weight is 548 g/mol. The van der Waals surface area contributed by atoms with Gasteiger partial charge in [0.25, 0.3) is 0 Å². The van der Waals surface area contributed by atoms with Crippen LogP contribution in [0.15, 0.2) is 17.5 Å². The van der Waals surface area contributed by atoms with Gasteiger partial charge in [-0.3, -0.25) is 4.79 Å². The highest BCUT2D eigenvalue weighted by molar-refractivity contribution is 5.90. The molecule has 5 aliphatic rings. The molecule has 7 rings (SSSR count). The van der Waals surface area contributed by atoms with Crippen LogP contribution in [0.25, 0.3) is 11.0 Å². The SMILES string of the molecule is C[C@]12CC[C@@H]3C4=C(CC[C@H]3[C@@H]1CC[C@@]2(O)C#Cc1nn([C@H]2C[C@H](O)[C@@H](CO)O2)c2ncnc(N)c12)CC(=O)CC4. The fraction of sp³-hybridized carbons (Fsp3) is 0.667. The lowest BCUT2D eigenvalue weighted by molar-refractivity contribution is -0.119. The van der Waals surface area contributed by atoms with Gasteiger partial charge < -0.3 is 25.8 Å². The highest BCUT2D eigenvalue weighted by Crippen LogP contribution is 2.64. The van der Waals surface area contributed by atoms with E-state index in [0.29, 0.717) is 59.5 Å². The molecule has 2 saturated carbocycles. The van der Waals surface area contributed by atoms with Crippen LogP contribution in [0.2, 0.25) is 0 Å². The summed E-state index contributed by atoms with van der Waals surface area (Å²) in [5.41, 5.74) is 8.50. The van der Waals surface area contributed by atoms with Gasteiger partial charge in [0.1, 0.15) is 35.3 Å². The topological polar surface area (TPSA) is 157 Å². The van der Waals surface area contributed by atoms with E-state index < -0.39 is 24.0 Å². The maximum absolute atomic E-state index is 12.1. The largest absolute Gasteiger partial charge is 0.394 e. The Labute approximate surface area is 233 Å². The van der Waals surface area contributed by atoms with Crippen molar-refractivity contribution in [1.29, 1.82) is 0 Å². The normalized spacial score (nSPS) is 39.0. The van der Waals surface area contributed by atoms with E-state index >= 15 is 0 Å². The summed E-state index contributed by atoms with van der Waals surface area (Å²) in [7, 11) is 0. The fourth-order valence-corrected chi connectivity index (χ4v) is 8.75. The molecule has 8 atom stereocenters. The third-order valence-electron chi connectivity index (χ3n) is 10.9. The van der Waals surface area contributed by atoms with E-state index in [4.69, 9.17) is 10.5 Å². The Hall–Kier alpha value is -2.84. The summed E-state index contributed by atoms with van der Waals surface area (Å²) in [6.07, 6.45) is 7.24. The van der Waals surface area contributed by atoms with Crippen LogP contribution in [0.4, 0.5) is 5.82 Å². The number of hydrogen-bond donors (Lipinski definition) is 4. The molecule has 1 saturated heterocycles. The van der Waals surface area contributed by atoms with Crippen LogP contribution in [0.3, 0.4) is 0 Å². The van der Waals surface area contributed by atoms with Gasteiger partial charge in [0.15, 0.2) is 11.9 Å². The van der Waals surface area contributed by atoms with E-state index in [9.17, 15) is 20.1 Å². The number of ether oxygens (including phenoxy) is 1. The number of carbonyl (C=O) groups is 1. The number of allylic oxidation sites excluding steroid dienone is 2. The second kappa shape index (κ2) is 9.35. The fourth-order valence-electron chi connectivity index (χ4n) is 8.75. The monoisotopic (exact) mass is 547 g/mol. The average Bonchev–Trinajstić information content (AvgIpc) is 3.59. The molecule has 1 aliphatic heterocycles. The highest BCUT2D eigenvalue weighted by atomic mass is 16.5. The molecule has 2 aromatic rings. The van der Waals surface area contributed by atoms with Crippen LogP contribution in [-0.4, -0.2) is 65.3 Å². The molecule has 3 heterocycles. The van der Waals surface area contributed by atoms with Gasteiger partial charge in [0.05, 0.1) is 18.1 Å². The summed E-state index contributed by atoms with van der Waals surface area (Å²) in [6, 6.07) is 0. The molecule has 40 heavy (non-hydrogen) atoms. The Balaban J connectivity index is 1.21. The summed E-state index contributed by atoms with van der Waals surface area (Å²) in [5, 5.41) is 37.1. The number of hydrogen-bond acceptors (Lipinski definition) is 9. The molecule has 2 aromatic heterocycles. The third kappa shape index (κ3) is 3.78. The van der Waals surface area contributed by atoms with Crippen LogP contribution >= 0.6 is 0 Å². The lowest BCUT2D eigenvalue weighted by atomic mass is 9.52. The number of aromatic nitrogens is 4. The van der Waals surface area contributed by atoms with Crippen molar-refractivity contribution in [3.8, 4) is 11.8 Å². The minimum Gasteiger partial charge on any atom is -0.394 e. The molecule has 4 aliphatic carbocycles. The Kier molecular flexibility index (Phi) is 6.09. The number of nitrogens with zero attached hydrogens (tertiary/aromatic N) is 4. The smallest absolute Gasteiger partial charge is 0.167 e. The Morgan fingerprint density at radius 3 is 2.85 bits per heavy atom. The van der Waals surface area contributed by atoms with Gasteiger partial charge in [0, 0.05) is 24.7 Å². The van der Waals surface area contributed by atoms with Crippen LogP contribution in [0.1, 0.15) is 83.1 Å². The quantitative estimate of drug-likeness (QED) is 0.327. The first-order valence-corrected chi connectivity index (χ1v) is 14.6. The molecule has 0 aromatic carbocycles. The summed E-state index contributed by atoms with van der Waals surface area (Å²) >= 11 is 0. The van der Waals surface area contributed by atoms with E-state index in [0.717, 1.165) is 38.5 Å². The molecule has 0 radical (unpaired) electrons. The second-order valence-electron chi connectivity index (χ2n) is 12.7. The standard InChI is InChI=1S/C30H37N5O5/c1-29-9-6-19-18-5-3-17(37)12-16(18)2-4-20(19)21(29)7-10-30(29,39)11-8-22-26-27(31)32-15-33-28(26)35(34-22)25-13-23(38)24(14-36)40-25/h15,19-21,23-25,36,38-39H,2-7,9-10,12-14H2,1H3,(H2,31,32,33)/t19-,20-,21+,23+,24-,25-,29+,30-/m1/s1. The molecule has 212 valence electrons. The van der Waals surface area contributed by atoms with Gasteiger partial charge in [0.2, 0.25) is 0 Å². The first kappa shape index (κ1) is 26.1. The number of nitrogen functional groups attached to an aromatic ring is 1. The Morgan fingerprint density at radius 2 is 2.05 bits per heavy atom. The molecule has 5 N–H and O–H groups in total. The van der Waals surface area contributed by atoms with Crippen molar-refractivity contribution < 1.29 is 24.9 Å². The molecule has 0 bridgehead atoms. The molecule has 0 spiro atoms. The molecule has 10 heteroatoms. The van der Waals surface area contributed by atoms with Crippen LogP contribution < -0.4 is 5.73 Å². The number of nitrogens with two attached hydrogens (primary N) is 1. The molecular formula is C30H37N5O5. The molecule has 10 nitrogen and oxygen atoms in total. The zero-order valence-electron chi connectivity index (χ0n) is 22.8. The first-order chi connectivity index (χ1) is 19.2. The minimum atomic E-state index is -1.16. The van der Waals surface area contributed by atoms with Gasteiger partial charge in [-0.25, -0.2) is 14.6 Å². The number of aliphatic hydroxyl groups excluding tert-OH is 2. The predicted octanol–water partition coefficient (Wildman–Crippen LogP) is 2.42. The van der Waals surface area contributed by atoms with E-state index in [1.165, 1.54) is 11.9 Å². The van der Waals surface area contributed by atoms with Crippen molar-refractivity contribution in [3.05, 3.63) is 23.2 Å². The third-order valence-corrected chi connectivity index (χ3v) is 10.9. The van der Waals surface area contributed by atoms with Gasteiger partial charge in [-0.05, 0) is 68.6 Å². The number of carbonyl (C=O) groups excluding carboxylic acids is 1. The van der Waals surface area contributed by atoms with Gasteiger partial charge in [-0.15, -0.1) is 0 Å². The zero-order valence-corrected chi connectivity index (χ0v) is 22.8. The Morgan fingerprint density at radius 1 is 1.20 bits per heavy atom. The number of ketones is 1. The van der Waals surface area contributed by atoms with Crippen molar-refractivity contribution in [1.82, 2.24) is 19.7 Å². The second-order valence-corrected chi connectivity index (χ2v) is 12.7. The van der Waals surface area contributed by atoms with Crippen molar-refractivity contribution >= 4 is 22.6 Å². The molecular weight excluding hydrogens is 510 g/mol. The van der Waals surface area contributed by atoms with E-state index in [1.807, 2.05) is 0 Å². The zero-order chi connectivity index (χ0) is 27.8. The van der Waals surface area contributed by atoms with Crippen molar-refractivity contribution in [2.45, 2.75) is 95.2 Å². The molecule has 0 unspecified atom stereocenters. The Bertz CT molecular complexity index is 1470. The summed E-state index contributed by atoms with van der Waals surface area (Å²) in [4.78, 5) is 20.6. The highest BCUT2D eigenvalue weighted by Gasteiger charge is 2.61. The van der Waals surface area contributed by atoms with Crippen molar-refractivity contribution in [2.24, 2.45) is 23.2 Å². The van der Waals surface area contributed by atoms with Crippen molar-refractivity contribution in [2.75, 3.05) is 12.3 Å². The van der Waals surface area contributed by atoms with Crippen LogP contribution in [-0.2, 0) is 9.53 Å². The maximum Gasteiger partial charge on any atom is 0.167 e. The number of rotatable bonds is 2. The molecule has 0 amide bonds. The van der Waals surface area contributed by atoms with Gasteiger partial charge >= 0.3 is 0 Å². The number of anilines is 1. The lowest BCUT2D eigenvalue weighted by Gasteiger charge is -2.53. The number of aliphatic hydroxyl groups is 3. The number of Topliss-reactive ketones (excluding diaryl/α,β-unsaturated/α-hetero) is 1. The number of fused-ring (bicyclic) bond motifs is 5. The minimum absolute atomic E-state index is 0.234. The van der Waals surface area contributed by atoms with E-state index in [2.05, 4.69) is 33.8 Å². The van der Waals surface area contributed by atoms with Crippen molar-refractivity contribution in [3.63, 3.8) is 0 Å². The van der Waals surface area contributed by atoms with Crippen LogP contribution in [0, 0.1) is 35.0 Å². The first-order valence-electron chi connectivity index (χ1n) is 14.6. The van der Waals surface area contributed by atoms with Gasteiger partial charge in [-0.1, -0.05) is 24.0 Å². The van der Waals surface area contributed by atoms with E-state index in [1.54, 1.807) is 10.3 Å². The van der Waals surface area contributed by atoms with E-state index in [-0.39, 0.29) is 24.3 Å². The van der Waals surface area contributed by atoms with Crippen LogP contribution in [0.5, 0.6) is 0 Å². The summed E-state index contributed by atoms with van der Waals surface area (Å²) < 4.78 is 7.38. The maximum atomic E-state index is 12.1. The summed E-state index contributed by atoms with van der Waals surface area (Å²) in [5.74, 6) is 8.47. The summed E-state index contributed by atoms with van der Waals surface area (Å²) in [6.45, 7) is 1.91. The lowest BCUT2D eigenvalue weighted by Crippen LogP contribution is -2.51. The van der Waals surface area contributed by atoms with Gasteiger partial charge in [-0.2, -0.15) is 5.10 Å². The predicted molar refractivity (Wildman–Crippen MR) is 145 cm³/mol.